The van der Waals surface area contributed by atoms with Crippen LogP contribution in [-0.4, -0.2) is 32.1 Å². The van der Waals surface area contributed by atoms with Gasteiger partial charge in [0, 0.05) is 6.54 Å². The van der Waals surface area contributed by atoms with Crippen molar-refractivity contribution in [1.29, 1.82) is 0 Å². The van der Waals surface area contributed by atoms with E-state index in [0.29, 0.717) is 0 Å². The summed E-state index contributed by atoms with van der Waals surface area (Å²) in [6.45, 7) is 3.29. The lowest BCUT2D eigenvalue weighted by Gasteiger charge is -2.15. The van der Waals surface area contributed by atoms with Gasteiger partial charge in [-0.05, 0) is 66.5 Å². The Morgan fingerprint density at radius 1 is 1.57 bits per heavy atom. The van der Waals surface area contributed by atoms with Gasteiger partial charge in [-0.2, -0.15) is 0 Å². The van der Waals surface area contributed by atoms with Crippen LogP contribution < -0.4 is 5.32 Å². The average Bonchev–Trinajstić information content (AvgIpc) is 2.52. The van der Waals surface area contributed by atoms with Gasteiger partial charge in [0.05, 0.1) is 3.79 Å². The third-order valence-corrected chi connectivity index (χ3v) is 3.59. The zero-order valence-corrected chi connectivity index (χ0v) is 11.1. The molecule has 1 N–H and O–H groups in total. The fraction of sp³-hybridized carbons (Fsp3) is 0.600. The normalized spacial score (nSPS) is 11.1. The second-order valence-electron chi connectivity index (χ2n) is 3.45. The van der Waals surface area contributed by atoms with E-state index >= 15 is 0 Å². The third kappa shape index (κ3) is 4.55. The second kappa shape index (κ2) is 6.56. The fourth-order valence-corrected chi connectivity index (χ4v) is 2.55. The Balaban J connectivity index is 2.23. The molecule has 0 spiro atoms. The molecule has 1 aromatic heterocycles. The first-order valence-electron chi connectivity index (χ1n) is 4.78. The largest absolute Gasteiger partial charge is 0.320 e. The van der Waals surface area contributed by atoms with Crippen molar-refractivity contribution in [2.24, 2.45) is 0 Å². The molecule has 4 heteroatoms. The van der Waals surface area contributed by atoms with Gasteiger partial charge in [0.1, 0.15) is 0 Å². The smallest absolute Gasteiger partial charge is 0.0701 e. The highest BCUT2D eigenvalue weighted by Gasteiger charge is 2.01. The molecule has 0 aliphatic heterocycles. The maximum atomic E-state index is 3.48. The number of thiophene rings is 1. The van der Waals surface area contributed by atoms with Crippen molar-refractivity contribution in [3.8, 4) is 0 Å². The van der Waals surface area contributed by atoms with Gasteiger partial charge in [-0.25, -0.2) is 0 Å². The lowest BCUT2D eigenvalue weighted by Crippen LogP contribution is -2.22. The Labute approximate surface area is 98.4 Å². The molecular weight excluding hydrogens is 260 g/mol. The Kier molecular flexibility index (Phi) is 5.70. The Morgan fingerprint density at radius 3 is 2.93 bits per heavy atom. The van der Waals surface area contributed by atoms with E-state index in [4.69, 9.17) is 0 Å². The molecule has 2 nitrogen and oxygen atoms in total. The zero-order chi connectivity index (χ0) is 10.4. The zero-order valence-electron chi connectivity index (χ0n) is 8.72. The lowest BCUT2D eigenvalue weighted by molar-refractivity contribution is 0.321. The molecule has 14 heavy (non-hydrogen) atoms. The molecule has 0 fully saturated rings. The van der Waals surface area contributed by atoms with Crippen LogP contribution in [0.3, 0.4) is 0 Å². The minimum absolute atomic E-state index is 1.05. The number of hydrogen-bond donors (Lipinski definition) is 1. The third-order valence-electron chi connectivity index (χ3n) is 2.04. The summed E-state index contributed by atoms with van der Waals surface area (Å²) in [5.41, 5.74) is 1.40. The molecule has 0 aromatic carbocycles. The minimum Gasteiger partial charge on any atom is -0.320 e. The summed E-state index contributed by atoms with van der Waals surface area (Å²) in [7, 11) is 4.16. The van der Waals surface area contributed by atoms with E-state index in [1.54, 1.807) is 11.3 Å². The molecule has 80 valence electrons. The van der Waals surface area contributed by atoms with Gasteiger partial charge in [0.2, 0.25) is 0 Å². The van der Waals surface area contributed by atoms with Crippen molar-refractivity contribution >= 4 is 27.3 Å². The monoisotopic (exact) mass is 276 g/mol. The van der Waals surface area contributed by atoms with Gasteiger partial charge in [0.15, 0.2) is 0 Å². The van der Waals surface area contributed by atoms with Crippen molar-refractivity contribution in [2.75, 3.05) is 27.2 Å². The van der Waals surface area contributed by atoms with Crippen LogP contribution in [-0.2, 0) is 6.54 Å². The van der Waals surface area contributed by atoms with Crippen molar-refractivity contribution < 1.29 is 0 Å². The topological polar surface area (TPSA) is 15.3 Å². The maximum Gasteiger partial charge on any atom is 0.0701 e. The molecule has 1 aromatic rings. The van der Waals surface area contributed by atoms with Crippen molar-refractivity contribution in [2.45, 2.75) is 13.0 Å². The molecule has 0 aliphatic carbocycles. The first kappa shape index (κ1) is 12.2. The van der Waals surface area contributed by atoms with Crippen LogP contribution in [0, 0.1) is 0 Å². The van der Waals surface area contributed by atoms with Gasteiger partial charge in [-0.15, -0.1) is 11.3 Å². The summed E-state index contributed by atoms with van der Waals surface area (Å²) < 4.78 is 1.22. The Morgan fingerprint density at radius 2 is 2.36 bits per heavy atom. The SMILES string of the molecule is CNCCCN(C)Cc1csc(Br)c1. The molecule has 0 atom stereocenters. The van der Waals surface area contributed by atoms with Crippen LogP contribution in [0.5, 0.6) is 0 Å². The summed E-state index contributed by atoms with van der Waals surface area (Å²) in [4.78, 5) is 2.35. The first-order chi connectivity index (χ1) is 6.72. The van der Waals surface area contributed by atoms with Crippen LogP contribution in [0.15, 0.2) is 15.2 Å². The van der Waals surface area contributed by atoms with E-state index in [1.807, 2.05) is 7.05 Å². The summed E-state index contributed by atoms with van der Waals surface area (Å²) in [5, 5.41) is 5.37. The maximum absolute atomic E-state index is 3.48. The lowest BCUT2D eigenvalue weighted by atomic mass is 10.3. The average molecular weight is 277 g/mol. The number of rotatable bonds is 6. The van der Waals surface area contributed by atoms with Crippen molar-refractivity contribution in [1.82, 2.24) is 10.2 Å². The summed E-state index contributed by atoms with van der Waals surface area (Å²) in [6.07, 6.45) is 1.21. The van der Waals surface area contributed by atoms with E-state index in [-0.39, 0.29) is 0 Å². The molecule has 0 radical (unpaired) electrons. The van der Waals surface area contributed by atoms with Gasteiger partial charge in [-0.3, -0.25) is 0 Å². The molecule has 0 amide bonds. The Hall–Kier alpha value is 0.100. The fourth-order valence-electron chi connectivity index (χ4n) is 1.35. The van der Waals surface area contributed by atoms with E-state index in [0.717, 1.165) is 19.6 Å². The molecule has 0 aliphatic rings. The molecule has 1 heterocycles. The molecule has 0 saturated heterocycles. The second-order valence-corrected chi connectivity index (χ2v) is 5.74. The van der Waals surface area contributed by atoms with E-state index in [2.05, 4.69) is 44.6 Å². The number of hydrogen-bond acceptors (Lipinski definition) is 3. The number of halogens is 1. The molecule has 0 unspecified atom stereocenters. The standard InChI is InChI=1S/C10H17BrN2S/c1-12-4-3-5-13(2)7-9-6-10(11)14-8-9/h6,8,12H,3-5,7H2,1-2H3. The minimum atomic E-state index is 1.05. The highest BCUT2D eigenvalue weighted by Crippen LogP contribution is 2.21. The molecule has 0 saturated carbocycles. The van der Waals surface area contributed by atoms with Gasteiger partial charge in [0.25, 0.3) is 0 Å². The van der Waals surface area contributed by atoms with E-state index < -0.39 is 0 Å². The highest BCUT2D eigenvalue weighted by molar-refractivity contribution is 9.11. The predicted molar refractivity (Wildman–Crippen MR) is 66.9 cm³/mol. The van der Waals surface area contributed by atoms with Crippen LogP contribution in [0.1, 0.15) is 12.0 Å². The van der Waals surface area contributed by atoms with Gasteiger partial charge < -0.3 is 10.2 Å². The Bertz CT molecular complexity index is 262. The van der Waals surface area contributed by atoms with Crippen LogP contribution >= 0.6 is 27.3 Å². The quantitative estimate of drug-likeness (QED) is 0.804. The summed E-state index contributed by atoms with van der Waals surface area (Å²) in [6, 6.07) is 2.19. The van der Waals surface area contributed by atoms with Crippen molar-refractivity contribution in [3.05, 3.63) is 20.8 Å². The predicted octanol–water partition coefficient (Wildman–Crippen LogP) is 2.55. The van der Waals surface area contributed by atoms with Crippen LogP contribution in [0.2, 0.25) is 0 Å². The highest BCUT2D eigenvalue weighted by atomic mass is 79.9. The summed E-state index contributed by atoms with van der Waals surface area (Å²) >= 11 is 5.23. The van der Waals surface area contributed by atoms with Crippen LogP contribution in [0.4, 0.5) is 0 Å². The number of nitrogens with one attached hydrogen (secondary N) is 1. The van der Waals surface area contributed by atoms with Crippen molar-refractivity contribution in [3.63, 3.8) is 0 Å². The van der Waals surface area contributed by atoms with E-state index in [9.17, 15) is 0 Å². The van der Waals surface area contributed by atoms with Crippen LogP contribution in [0.25, 0.3) is 0 Å². The van der Waals surface area contributed by atoms with Gasteiger partial charge >= 0.3 is 0 Å². The van der Waals surface area contributed by atoms with Gasteiger partial charge in [-0.1, -0.05) is 0 Å². The molecule has 0 bridgehead atoms. The molecular formula is C10H17BrN2S. The summed E-state index contributed by atoms with van der Waals surface area (Å²) in [5.74, 6) is 0. The number of nitrogens with zero attached hydrogens (tertiary/aromatic N) is 1. The van der Waals surface area contributed by atoms with E-state index in [1.165, 1.54) is 15.8 Å². The molecule has 1 rings (SSSR count). The first-order valence-corrected chi connectivity index (χ1v) is 6.45.